The number of carbonyl (C=O) groups excluding carboxylic acids is 1. The van der Waals surface area contributed by atoms with Gasteiger partial charge in [0.25, 0.3) is 0 Å². The monoisotopic (exact) mass is 474 g/mol. The second-order valence-corrected chi connectivity index (χ2v) is 9.98. The van der Waals surface area contributed by atoms with Gasteiger partial charge in [0.15, 0.2) is 0 Å². The summed E-state index contributed by atoms with van der Waals surface area (Å²) in [5.74, 6) is 0.698. The lowest BCUT2D eigenvalue weighted by atomic mass is 9.81. The van der Waals surface area contributed by atoms with E-state index in [1.54, 1.807) is 18.5 Å². The van der Waals surface area contributed by atoms with Crippen LogP contribution in [0.2, 0.25) is 5.02 Å². The molecule has 0 radical (unpaired) electrons. The number of aromatic nitrogens is 2. The molecule has 1 aliphatic rings. The van der Waals surface area contributed by atoms with Gasteiger partial charge in [0.1, 0.15) is 15.7 Å². The third-order valence-electron chi connectivity index (χ3n) is 4.88. The fourth-order valence-corrected chi connectivity index (χ4v) is 4.99. The molecule has 30 heavy (non-hydrogen) atoms. The molecule has 0 saturated carbocycles. The molecule has 3 rings (SSSR count). The van der Waals surface area contributed by atoms with Gasteiger partial charge in [-0.15, -0.1) is 3.89 Å². The first kappa shape index (κ1) is 22.6. The van der Waals surface area contributed by atoms with Gasteiger partial charge in [0.2, 0.25) is 0 Å². The number of amides is 1. The van der Waals surface area contributed by atoms with Crippen LogP contribution in [-0.4, -0.2) is 44.2 Å². The zero-order valence-electron chi connectivity index (χ0n) is 16.0. The highest BCUT2D eigenvalue weighted by molar-refractivity contribution is 7.99. The summed E-state index contributed by atoms with van der Waals surface area (Å²) in [4.78, 5) is 21.5. The molecule has 1 saturated heterocycles. The highest BCUT2D eigenvalue weighted by Gasteiger charge is 2.32. The normalized spacial score (nSPS) is 16.3. The molecule has 1 fully saturated rings. The van der Waals surface area contributed by atoms with Crippen molar-refractivity contribution in [3.8, 4) is 0 Å². The molecule has 0 spiro atoms. The van der Waals surface area contributed by atoms with Crippen molar-refractivity contribution in [3.63, 3.8) is 0 Å². The Labute approximate surface area is 183 Å². The molecule has 12 heteroatoms. The van der Waals surface area contributed by atoms with Crippen molar-refractivity contribution in [2.24, 2.45) is 11.1 Å². The van der Waals surface area contributed by atoms with Crippen molar-refractivity contribution in [2.75, 3.05) is 24.6 Å². The lowest BCUT2D eigenvalue weighted by molar-refractivity contribution is 0.0818. The maximum atomic E-state index is 13.3. The minimum Gasteiger partial charge on any atom is -0.449 e. The van der Waals surface area contributed by atoms with Crippen molar-refractivity contribution in [1.29, 1.82) is 0 Å². The van der Waals surface area contributed by atoms with Crippen molar-refractivity contribution in [2.45, 2.75) is 34.6 Å². The Balaban J connectivity index is 1.65. The van der Waals surface area contributed by atoms with Gasteiger partial charge >= 0.3 is 16.3 Å². The molecular weight excluding hydrogens is 455 g/mol. The first-order valence-corrected chi connectivity index (χ1v) is 11.6. The van der Waals surface area contributed by atoms with Gasteiger partial charge in [0, 0.05) is 23.4 Å². The predicted octanol–water partition coefficient (Wildman–Crippen LogP) is 3.64. The molecule has 0 bridgehead atoms. The van der Waals surface area contributed by atoms with Crippen LogP contribution in [0, 0.1) is 5.41 Å². The van der Waals surface area contributed by atoms with Crippen LogP contribution in [0.15, 0.2) is 45.4 Å². The molecule has 1 amide bonds. The van der Waals surface area contributed by atoms with Crippen LogP contribution in [-0.2, 0) is 15.0 Å². The van der Waals surface area contributed by atoms with E-state index in [2.05, 4.69) is 14.9 Å². The number of rotatable bonds is 6. The minimum absolute atomic E-state index is 0.132. The number of piperidine rings is 1. The number of hydrogen-bond acceptors (Lipinski definition) is 8. The molecule has 2 heterocycles. The van der Waals surface area contributed by atoms with Crippen LogP contribution in [0.5, 0.6) is 0 Å². The Morgan fingerprint density at radius 3 is 2.60 bits per heavy atom. The largest absolute Gasteiger partial charge is 0.449 e. The Bertz CT molecular complexity index is 1030. The highest BCUT2D eigenvalue weighted by Crippen LogP contribution is 2.37. The lowest BCUT2D eigenvalue weighted by Gasteiger charge is -2.39. The Morgan fingerprint density at radius 2 is 2.03 bits per heavy atom. The van der Waals surface area contributed by atoms with Gasteiger partial charge in [-0.3, -0.25) is 0 Å². The molecule has 0 aliphatic carbocycles. The van der Waals surface area contributed by atoms with Crippen LogP contribution in [0.25, 0.3) is 0 Å². The zero-order chi connectivity index (χ0) is 21.9. The van der Waals surface area contributed by atoms with E-state index in [4.69, 9.17) is 22.1 Å². The number of hydrogen-bond donors (Lipinski definition) is 1. The summed E-state index contributed by atoms with van der Waals surface area (Å²) in [7, 11) is -4.91. The van der Waals surface area contributed by atoms with E-state index in [0.29, 0.717) is 15.7 Å². The molecule has 2 N–H and O–H groups in total. The van der Waals surface area contributed by atoms with Crippen molar-refractivity contribution < 1.29 is 21.8 Å². The summed E-state index contributed by atoms with van der Waals surface area (Å²) in [5.41, 5.74) is 4.91. The highest BCUT2D eigenvalue weighted by atomic mass is 35.5. The first-order valence-electron chi connectivity index (χ1n) is 8.98. The molecule has 1 aromatic heterocycles. The van der Waals surface area contributed by atoms with Crippen molar-refractivity contribution in [1.82, 2.24) is 9.97 Å². The van der Waals surface area contributed by atoms with E-state index in [1.807, 2.05) is 6.92 Å². The van der Waals surface area contributed by atoms with Gasteiger partial charge in [-0.05, 0) is 25.0 Å². The summed E-state index contributed by atoms with van der Waals surface area (Å²) >= 11 is 7.13. The van der Waals surface area contributed by atoms with Crippen LogP contribution < -0.4 is 10.6 Å². The van der Waals surface area contributed by atoms with Crippen molar-refractivity contribution in [3.05, 3.63) is 35.6 Å². The number of nitrogens with two attached hydrogens (primary N) is 1. The molecular formula is C18H20ClFN4O4S2. The summed E-state index contributed by atoms with van der Waals surface area (Å²) in [6, 6.07) is 4.10. The number of carbonyl (C=O) groups is 1. The molecule has 2 aromatic rings. The number of ether oxygens (including phenoxy) is 1. The number of halogens is 2. The summed E-state index contributed by atoms with van der Waals surface area (Å²) in [6.45, 7) is 3.78. The van der Waals surface area contributed by atoms with E-state index in [-0.39, 0.29) is 17.0 Å². The van der Waals surface area contributed by atoms with Crippen LogP contribution in [0.3, 0.4) is 0 Å². The lowest BCUT2D eigenvalue weighted by Crippen LogP contribution is -2.42. The summed E-state index contributed by atoms with van der Waals surface area (Å²) < 4.78 is 40.6. The van der Waals surface area contributed by atoms with Gasteiger partial charge in [-0.1, -0.05) is 36.4 Å². The molecule has 0 unspecified atom stereocenters. The van der Waals surface area contributed by atoms with Crippen molar-refractivity contribution >= 4 is 45.5 Å². The van der Waals surface area contributed by atoms with Crippen LogP contribution in [0.4, 0.5) is 14.5 Å². The standard InChI is InChI=1S/C18H20ClFN4O4S2/c1-18(11-28-17(21)25)5-7-24(8-6-18)14-9-23-15(10-22-14)29-12-3-2-4-13(16(12)19)30(20,26)27/h2-4,9-10H,5-8,11H2,1H3,(H2,21,25). The van der Waals surface area contributed by atoms with E-state index < -0.39 is 21.2 Å². The maximum Gasteiger partial charge on any atom is 0.404 e. The van der Waals surface area contributed by atoms with E-state index in [9.17, 15) is 17.1 Å². The topological polar surface area (TPSA) is 115 Å². The molecule has 8 nitrogen and oxygen atoms in total. The fourth-order valence-electron chi connectivity index (χ4n) is 3.06. The molecule has 1 aliphatic heterocycles. The molecule has 0 atom stereocenters. The number of anilines is 1. The molecule has 162 valence electrons. The van der Waals surface area contributed by atoms with E-state index in [0.717, 1.165) is 43.8 Å². The SMILES string of the molecule is CC1(COC(N)=O)CCN(c2cnc(Sc3cccc(S(=O)(=O)F)c3Cl)cn2)CC1. The second-order valence-electron chi connectivity index (χ2n) is 7.23. The quantitative estimate of drug-likeness (QED) is 0.631. The first-order chi connectivity index (χ1) is 14.1. The van der Waals surface area contributed by atoms with Gasteiger partial charge in [-0.2, -0.15) is 8.42 Å². The average Bonchev–Trinajstić information content (AvgIpc) is 2.69. The fraction of sp³-hybridized carbons (Fsp3) is 0.389. The number of primary amides is 1. The molecule has 1 aromatic carbocycles. The van der Waals surface area contributed by atoms with Gasteiger partial charge in [0.05, 0.1) is 24.0 Å². The van der Waals surface area contributed by atoms with E-state index in [1.165, 1.54) is 6.07 Å². The Hall–Kier alpha value is -2.11. The third kappa shape index (κ3) is 5.52. The smallest absolute Gasteiger partial charge is 0.404 e. The summed E-state index contributed by atoms with van der Waals surface area (Å²) in [6.07, 6.45) is 4.01. The summed E-state index contributed by atoms with van der Waals surface area (Å²) in [5, 5.41) is 0.301. The minimum atomic E-state index is -4.91. The van der Waals surface area contributed by atoms with E-state index >= 15 is 0 Å². The Kier molecular flexibility index (Phi) is 6.73. The predicted molar refractivity (Wildman–Crippen MR) is 111 cm³/mol. The number of nitrogens with zero attached hydrogens (tertiary/aromatic N) is 3. The maximum absolute atomic E-state index is 13.3. The van der Waals surface area contributed by atoms with Gasteiger partial charge < -0.3 is 15.4 Å². The second kappa shape index (κ2) is 8.94. The Morgan fingerprint density at radius 1 is 1.33 bits per heavy atom. The van der Waals surface area contributed by atoms with Crippen LogP contribution in [0.1, 0.15) is 19.8 Å². The van der Waals surface area contributed by atoms with Crippen LogP contribution >= 0.6 is 23.4 Å². The van der Waals surface area contributed by atoms with Gasteiger partial charge in [-0.25, -0.2) is 14.8 Å². The third-order valence-corrected chi connectivity index (χ3v) is 7.35. The average molecular weight is 475 g/mol. The zero-order valence-corrected chi connectivity index (χ0v) is 18.4. The number of benzene rings is 1.